The lowest BCUT2D eigenvalue weighted by atomic mass is 10.0. The first-order valence-electron chi connectivity index (χ1n) is 5.60. The topological polar surface area (TPSA) is 24.1 Å². The highest BCUT2D eigenvalue weighted by Crippen LogP contribution is 2.13. The van der Waals surface area contributed by atoms with Gasteiger partial charge in [-0.25, -0.2) is 0 Å². The summed E-state index contributed by atoms with van der Waals surface area (Å²) >= 11 is 0. The molecule has 0 saturated heterocycles. The zero-order valence-electron chi connectivity index (χ0n) is 10.2. The third kappa shape index (κ3) is 3.65. The van der Waals surface area contributed by atoms with Crippen molar-refractivity contribution < 1.29 is 0 Å². The van der Waals surface area contributed by atoms with E-state index in [9.17, 15) is 0 Å². The lowest BCUT2D eigenvalue weighted by molar-refractivity contribution is 0.519. The van der Waals surface area contributed by atoms with E-state index in [2.05, 4.69) is 48.7 Å². The Kier molecular flexibility index (Phi) is 4.79. The van der Waals surface area contributed by atoms with Crippen molar-refractivity contribution in [3.63, 3.8) is 0 Å². The number of rotatable bonds is 5. The van der Waals surface area contributed by atoms with Gasteiger partial charge >= 0.3 is 0 Å². The van der Waals surface area contributed by atoms with Gasteiger partial charge in [-0.05, 0) is 37.6 Å². The molecule has 2 heteroatoms. The van der Waals surface area contributed by atoms with Crippen molar-refractivity contribution in [2.45, 2.75) is 26.4 Å². The van der Waals surface area contributed by atoms with Crippen LogP contribution in [0, 0.1) is 5.92 Å². The molecule has 0 unspecified atom stereocenters. The number of hydrogen-bond acceptors (Lipinski definition) is 2. The van der Waals surface area contributed by atoms with E-state index in [0.29, 0.717) is 0 Å². The van der Waals surface area contributed by atoms with Gasteiger partial charge in [0.15, 0.2) is 0 Å². The summed E-state index contributed by atoms with van der Waals surface area (Å²) < 4.78 is 0. The van der Waals surface area contributed by atoms with Crippen LogP contribution in [-0.4, -0.2) is 14.1 Å². The van der Waals surface area contributed by atoms with Gasteiger partial charge in [-0.15, -0.1) is 0 Å². The van der Waals surface area contributed by atoms with Crippen molar-refractivity contribution >= 4 is 0 Å². The lowest BCUT2D eigenvalue weighted by Crippen LogP contribution is -2.28. The minimum Gasteiger partial charge on any atom is -0.301 e. The molecule has 84 valence electrons. The minimum atomic E-state index is 0.248. The van der Waals surface area contributed by atoms with Gasteiger partial charge in [0.05, 0.1) is 6.17 Å². The normalized spacial score (nSPS) is 11.3. The molecule has 0 aliphatic carbocycles. The second-order valence-corrected chi connectivity index (χ2v) is 4.35. The summed E-state index contributed by atoms with van der Waals surface area (Å²) in [4.78, 5) is 0. The molecule has 0 bridgehead atoms. The third-order valence-electron chi connectivity index (χ3n) is 2.53. The molecule has 0 atom stereocenters. The largest absolute Gasteiger partial charge is 0.301 e. The van der Waals surface area contributed by atoms with Crippen LogP contribution in [0.4, 0.5) is 0 Å². The molecule has 1 aromatic rings. The maximum Gasteiger partial charge on any atom is 0.0830 e. The number of benzene rings is 1. The monoisotopic (exact) mass is 206 g/mol. The molecule has 0 amide bonds. The van der Waals surface area contributed by atoms with Gasteiger partial charge in [-0.1, -0.05) is 38.1 Å². The molecule has 0 aliphatic rings. The molecular formula is C13H22N2. The molecular weight excluding hydrogens is 184 g/mol. The van der Waals surface area contributed by atoms with Crippen molar-refractivity contribution in [1.82, 2.24) is 10.6 Å². The molecule has 2 N–H and O–H groups in total. The fourth-order valence-electron chi connectivity index (χ4n) is 1.80. The van der Waals surface area contributed by atoms with Crippen LogP contribution in [-0.2, 0) is 6.42 Å². The Morgan fingerprint density at radius 1 is 1.00 bits per heavy atom. The first-order valence-corrected chi connectivity index (χ1v) is 5.60. The summed E-state index contributed by atoms with van der Waals surface area (Å²) in [5, 5.41) is 6.43. The minimum absolute atomic E-state index is 0.248. The standard InChI is InChI=1S/C13H22N2/c1-10(2)9-11-5-7-12(8-6-11)13(14-3)15-4/h5-8,10,13-15H,9H2,1-4H3. The maximum atomic E-state index is 3.22. The Bertz CT molecular complexity index is 273. The van der Waals surface area contributed by atoms with Crippen LogP contribution >= 0.6 is 0 Å². The summed E-state index contributed by atoms with van der Waals surface area (Å²) in [7, 11) is 3.92. The summed E-state index contributed by atoms with van der Waals surface area (Å²) in [5.74, 6) is 0.722. The number of hydrogen-bond donors (Lipinski definition) is 2. The SMILES string of the molecule is CNC(NC)c1ccc(CC(C)C)cc1. The van der Waals surface area contributed by atoms with E-state index in [1.54, 1.807) is 0 Å². The lowest BCUT2D eigenvalue weighted by Gasteiger charge is -2.16. The zero-order valence-corrected chi connectivity index (χ0v) is 10.2. The molecule has 15 heavy (non-hydrogen) atoms. The first-order chi connectivity index (χ1) is 7.17. The van der Waals surface area contributed by atoms with Crippen molar-refractivity contribution in [3.8, 4) is 0 Å². The molecule has 1 aromatic carbocycles. The van der Waals surface area contributed by atoms with Gasteiger partial charge < -0.3 is 10.6 Å². The van der Waals surface area contributed by atoms with Crippen molar-refractivity contribution in [3.05, 3.63) is 35.4 Å². The quantitative estimate of drug-likeness (QED) is 0.722. The maximum absolute atomic E-state index is 3.22. The Morgan fingerprint density at radius 2 is 1.53 bits per heavy atom. The van der Waals surface area contributed by atoms with Gasteiger partial charge in [0.1, 0.15) is 0 Å². The van der Waals surface area contributed by atoms with E-state index in [1.807, 2.05) is 14.1 Å². The summed E-state index contributed by atoms with van der Waals surface area (Å²) in [5.41, 5.74) is 2.70. The molecule has 0 heterocycles. The highest BCUT2D eigenvalue weighted by molar-refractivity contribution is 5.24. The van der Waals surface area contributed by atoms with Crippen molar-refractivity contribution in [2.75, 3.05) is 14.1 Å². The first kappa shape index (κ1) is 12.2. The molecule has 0 aliphatic heterocycles. The van der Waals surface area contributed by atoms with Gasteiger partial charge in [-0.3, -0.25) is 0 Å². The average Bonchev–Trinajstić information content (AvgIpc) is 2.21. The van der Waals surface area contributed by atoms with Crippen LogP contribution in [0.2, 0.25) is 0 Å². The third-order valence-corrected chi connectivity index (χ3v) is 2.53. The summed E-state index contributed by atoms with van der Waals surface area (Å²) in [6.07, 6.45) is 1.41. The summed E-state index contributed by atoms with van der Waals surface area (Å²) in [6.45, 7) is 4.50. The predicted octanol–water partition coefficient (Wildman–Crippen LogP) is 2.32. The van der Waals surface area contributed by atoms with Crippen LogP contribution in [0.25, 0.3) is 0 Å². The van der Waals surface area contributed by atoms with Crippen LogP contribution in [0.1, 0.15) is 31.1 Å². The molecule has 2 nitrogen and oxygen atoms in total. The summed E-state index contributed by atoms with van der Waals surface area (Å²) in [6, 6.07) is 8.82. The predicted molar refractivity (Wildman–Crippen MR) is 65.8 cm³/mol. The second kappa shape index (κ2) is 5.89. The van der Waals surface area contributed by atoms with Crippen LogP contribution in [0.3, 0.4) is 0 Å². The molecule has 0 aromatic heterocycles. The van der Waals surface area contributed by atoms with E-state index in [4.69, 9.17) is 0 Å². The van der Waals surface area contributed by atoms with Crippen LogP contribution < -0.4 is 10.6 Å². The number of nitrogens with one attached hydrogen (secondary N) is 2. The average molecular weight is 206 g/mol. The van der Waals surface area contributed by atoms with Crippen molar-refractivity contribution in [2.24, 2.45) is 5.92 Å². The zero-order chi connectivity index (χ0) is 11.3. The molecule has 0 saturated carbocycles. The van der Waals surface area contributed by atoms with Crippen LogP contribution in [0.5, 0.6) is 0 Å². The second-order valence-electron chi connectivity index (χ2n) is 4.35. The van der Waals surface area contributed by atoms with E-state index in [1.165, 1.54) is 11.1 Å². The van der Waals surface area contributed by atoms with E-state index in [-0.39, 0.29) is 6.17 Å². The van der Waals surface area contributed by atoms with E-state index < -0.39 is 0 Å². The Labute approximate surface area is 93.1 Å². The molecule has 1 rings (SSSR count). The van der Waals surface area contributed by atoms with E-state index in [0.717, 1.165) is 12.3 Å². The van der Waals surface area contributed by atoms with Gasteiger partial charge in [-0.2, -0.15) is 0 Å². The molecule has 0 fully saturated rings. The van der Waals surface area contributed by atoms with Gasteiger partial charge in [0.2, 0.25) is 0 Å². The molecule has 0 radical (unpaired) electrons. The van der Waals surface area contributed by atoms with Gasteiger partial charge in [0, 0.05) is 0 Å². The molecule has 0 spiro atoms. The Morgan fingerprint density at radius 3 is 1.93 bits per heavy atom. The Balaban J connectivity index is 2.71. The fraction of sp³-hybridized carbons (Fsp3) is 0.538. The van der Waals surface area contributed by atoms with E-state index >= 15 is 0 Å². The Hall–Kier alpha value is -0.860. The van der Waals surface area contributed by atoms with Crippen LogP contribution in [0.15, 0.2) is 24.3 Å². The highest BCUT2D eigenvalue weighted by Gasteiger charge is 2.05. The highest BCUT2D eigenvalue weighted by atomic mass is 15.1. The van der Waals surface area contributed by atoms with Gasteiger partial charge in [0.25, 0.3) is 0 Å². The fourth-order valence-corrected chi connectivity index (χ4v) is 1.80. The van der Waals surface area contributed by atoms with Crippen molar-refractivity contribution in [1.29, 1.82) is 0 Å². The smallest absolute Gasteiger partial charge is 0.0830 e.